The van der Waals surface area contributed by atoms with Crippen LogP contribution in [0.25, 0.3) is 5.82 Å². The van der Waals surface area contributed by atoms with E-state index in [1.54, 1.807) is 13.8 Å². The molecule has 0 saturated heterocycles. The van der Waals surface area contributed by atoms with Crippen LogP contribution in [0.3, 0.4) is 0 Å². The number of halogens is 5. The van der Waals surface area contributed by atoms with Crippen molar-refractivity contribution < 1.29 is 22.4 Å². The van der Waals surface area contributed by atoms with Crippen molar-refractivity contribution >= 4 is 17.5 Å². The number of alkyl halides is 3. The van der Waals surface area contributed by atoms with E-state index in [1.165, 1.54) is 21.7 Å². The fourth-order valence-electron chi connectivity index (χ4n) is 3.61. The van der Waals surface area contributed by atoms with Gasteiger partial charge in [0, 0.05) is 13.0 Å². The largest absolute Gasteiger partial charge is 0.417 e. The van der Waals surface area contributed by atoms with Gasteiger partial charge in [0.15, 0.2) is 5.82 Å². The van der Waals surface area contributed by atoms with Crippen LogP contribution in [0.1, 0.15) is 45.8 Å². The maximum Gasteiger partial charge on any atom is 0.417 e. The first-order chi connectivity index (χ1) is 14.6. The van der Waals surface area contributed by atoms with E-state index in [1.807, 2.05) is 0 Å². The van der Waals surface area contributed by atoms with E-state index in [9.17, 15) is 22.4 Å². The van der Waals surface area contributed by atoms with Crippen LogP contribution in [-0.2, 0) is 12.6 Å². The van der Waals surface area contributed by atoms with Gasteiger partial charge in [-0.15, -0.1) is 5.10 Å². The molecule has 0 N–H and O–H groups in total. The Balaban J connectivity index is 1.66. The molecule has 1 aliphatic heterocycles. The minimum atomic E-state index is -4.67. The molecule has 2 aromatic heterocycles. The Kier molecular flexibility index (Phi) is 5.20. The fraction of sp³-hybridized carbons (Fsp3) is 0.300. The van der Waals surface area contributed by atoms with Gasteiger partial charge >= 0.3 is 6.18 Å². The Morgan fingerprint density at radius 1 is 1.29 bits per heavy atom. The van der Waals surface area contributed by atoms with Crippen LogP contribution in [0.2, 0.25) is 5.02 Å². The van der Waals surface area contributed by atoms with E-state index in [0.29, 0.717) is 29.2 Å². The summed E-state index contributed by atoms with van der Waals surface area (Å²) in [6.07, 6.45) is -3.24. The number of nitrogens with zero attached hydrogens (tertiary/aromatic N) is 5. The third-order valence-corrected chi connectivity index (χ3v) is 5.70. The summed E-state index contributed by atoms with van der Waals surface area (Å²) in [6, 6.07) is 4.23. The highest BCUT2D eigenvalue weighted by Gasteiger charge is 2.37. The van der Waals surface area contributed by atoms with Gasteiger partial charge in [-0.05, 0) is 37.6 Å². The molecule has 0 aliphatic carbocycles. The summed E-state index contributed by atoms with van der Waals surface area (Å²) < 4.78 is 54.5. The zero-order valence-corrected chi connectivity index (χ0v) is 17.2. The molecule has 0 spiro atoms. The summed E-state index contributed by atoms with van der Waals surface area (Å²) >= 11 is 5.93. The Morgan fingerprint density at radius 2 is 2.03 bits per heavy atom. The number of aryl methyl sites for hydroxylation is 1. The molecular formula is C20H16ClF4N5O. The molecule has 6 nitrogen and oxygen atoms in total. The molecule has 1 aromatic carbocycles. The smallest absolute Gasteiger partial charge is 0.330 e. The number of carbonyl (C=O) groups excluding carboxylic acids is 1. The van der Waals surface area contributed by atoms with E-state index in [2.05, 4.69) is 15.3 Å². The summed E-state index contributed by atoms with van der Waals surface area (Å²) in [7, 11) is 0. The first-order valence-corrected chi connectivity index (χ1v) is 9.71. The number of amides is 1. The zero-order chi connectivity index (χ0) is 22.5. The number of carbonyl (C=O) groups is 1. The predicted octanol–water partition coefficient (Wildman–Crippen LogP) is 4.54. The van der Waals surface area contributed by atoms with Crippen molar-refractivity contribution in [3.8, 4) is 5.82 Å². The molecule has 1 amide bonds. The molecule has 1 atom stereocenters. The first-order valence-electron chi connectivity index (χ1n) is 9.33. The number of fused-ring (bicyclic) bond motifs is 1. The Labute approximate surface area is 179 Å². The van der Waals surface area contributed by atoms with E-state index in [-0.39, 0.29) is 12.1 Å². The molecule has 0 unspecified atom stereocenters. The average molecular weight is 454 g/mol. The fourth-order valence-corrected chi connectivity index (χ4v) is 3.93. The second-order valence-electron chi connectivity index (χ2n) is 7.21. The number of benzene rings is 1. The standard InChI is InChI=1S/C20H16ClF4N5O/c1-10-8-16(26-9-14(10)22)30-15-6-7-29(11(2)18(15)27-28-30)19(31)12-4-3-5-13(17(12)21)20(23,24)25/h3-5,8-9,11H,6-7H2,1-2H3/t11-/m0/s1. The SMILES string of the molecule is Cc1cc(-n2nnc3c2CCN(C(=O)c2cccc(C(F)(F)F)c2Cl)[C@H]3C)ncc1F. The lowest BCUT2D eigenvalue weighted by atomic mass is 10.0. The number of hydrogen-bond donors (Lipinski definition) is 0. The lowest BCUT2D eigenvalue weighted by Gasteiger charge is -2.33. The number of hydrogen-bond acceptors (Lipinski definition) is 4. The molecule has 0 saturated carbocycles. The lowest BCUT2D eigenvalue weighted by molar-refractivity contribution is -0.137. The molecule has 0 bridgehead atoms. The van der Waals surface area contributed by atoms with E-state index in [4.69, 9.17) is 11.6 Å². The van der Waals surface area contributed by atoms with Crippen molar-refractivity contribution in [2.24, 2.45) is 0 Å². The summed E-state index contributed by atoms with van der Waals surface area (Å²) in [5.41, 5.74) is 0.301. The van der Waals surface area contributed by atoms with Crippen LogP contribution in [0, 0.1) is 12.7 Å². The second kappa shape index (κ2) is 7.60. The normalized spacial score (nSPS) is 16.4. The van der Waals surface area contributed by atoms with Crippen LogP contribution < -0.4 is 0 Å². The average Bonchev–Trinajstić information content (AvgIpc) is 3.14. The molecule has 0 radical (unpaired) electrons. The van der Waals surface area contributed by atoms with Crippen molar-refractivity contribution in [3.63, 3.8) is 0 Å². The first kappa shape index (κ1) is 21.2. The Bertz CT molecular complexity index is 1180. The highest BCUT2D eigenvalue weighted by molar-refractivity contribution is 6.34. The van der Waals surface area contributed by atoms with E-state index in [0.717, 1.165) is 18.3 Å². The van der Waals surface area contributed by atoms with Gasteiger partial charge in [0.2, 0.25) is 0 Å². The highest BCUT2D eigenvalue weighted by Crippen LogP contribution is 2.38. The van der Waals surface area contributed by atoms with Gasteiger partial charge in [-0.2, -0.15) is 17.9 Å². The molecule has 31 heavy (non-hydrogen) atoms. The molecule has 11 heteroatoms. The van der Waals surface area contributed by atoms with Crippen LogP contribution in [-0.4, -0.2) is 37.3 Å². The van der Waals surface area contributed by atoms with Gasteiger partial charge in [-0.25, -0.2) is 9.37 Å². The Hall–Kier alpha value is -3.01. The van der Waals surface area contributed by atoms with Gasteiger partial charge in [-0.3, -0.25) is 4.79 Å². The lowest BCUT2D eigenvalue weighted by Crippen LogP contribution is -2.39. The van der Waals surface area contributed by atoms with Crippen LogP contribution in [0.5, 0.6) is 0 Å². The van der Waals surface area contributed by atoms with Crippen molar-refractivity contribution in [2.75, 3.05) is 6.54 Å². The second-order valence-corrected chi connectivity index (χ2v) is 7.59. The minimum Gasteiger partial charge on any atom is -0.330 e. The summed E-state index contributed by atoms with van der Waals surface area (Å²) in [4.78, 5) is 18.5. The highest BCUT2D eigenvalue weighted by atomic mass is 35.5. The zero-order valence-electron chi connectivity index (χ0n) is 16.4. The van der Waals surface area contributed by atoms with E-state index < -0.39 is 34.5 Å². The van der Waals surface area contributed by atoms with Gasteiger partial charge in [0.1, 0.15) is 11.5 Å². The van der Waals surface area contributed by atoms with Crippen LogP contribution in [0.4, 0.5) is 17.6 Å². The monoisotopic (exact) mass is 453 g/mol. The van der Waals surface area contributed by atoms with Gasteiger partial charge < -0.3 is 4.90 Å². The number of aromatic nitrogens is 4. The topological polar surface area (TPSA) is 63.9 Å². The van der Waals surface area contributed by atoms with Crippen LogP contribution >= 0.6 is 11.6 Å². The summed E-state index contributed by atoms with van der Waals surface area (Å²) in [6.45, 7) is 3.53. The van der Waals surface area contributed by atoms with Crippen molar-refractivity contribution in [3.05, 3.63) is 69.4 Å². The van der Waals surface area contributed by atoms with E-state index >= 15 is 0 Å². The maximum absolute atomic E-state index is 13.5. The quantitative estimate of drug-likeness (QED) is 0.534. The Morgan fingerprint density at radius 3 is 2.71 bits per heavy atom. The van der Waals surface area contributed by atoms with Crippen molar-refractivity contribution in [1.82, 2.24) is 24.9 Å². The van der Waals surface area contributed by atoms with Crippen LogP contribution in [0.15, 0.2) is 30.5 Å². The summed E-state index contributed by atoms with van der Waals surface area (Å²) in [5, 5.41) is 7.60. The van der Waals surface area contributed by atoms with Gasteiger partial charge in [-0.1, -0.05) is 22.9 Å². The maximum atomic E-state index is 13.5. The molecule has 162 valence electrons. The number of rotatable bonds is 2. The number of pyridine rings is 1. The molecule has 0 fully saturated rings. The third kappa shape index (κ3) is 3.65. The molecule has 3 heterocycles. The van der Waals surface area contributed by atoms with Gasteiger partial charge in [0.25, 0.3) is 5.91 Å². The molecule has 3 aromatic rings. The summed E-state index contributed by atoms with van der Waals surface area (Å²) in [5.74, 6) is -0.680. The third-order valence-electron chi connectivity index (χ3n) is 5.29. The predicted molar refractivity (Wildman–Crippen MR) is 103 cm³/mol. The molecule has 1 aliphatic rings. The molecular weight excluding hydrogens is 438 g/mol. The van der Waals surface area contributed by atoms with Crippen molar-refractivity contribution in [1.29, 1.82) is 0 Å². The van der Waals surface area contributed by atoms with Gasteiger partial charge in [0.05, 0.1) is 34.1 Å². The van der Waals surface area contributed by atoms with Crippen molar-refractivity contribution in [2.45, 2.75) is 32.5 Å². The minimum absolute atomic E-state index is 0.215. The molecule has 4 rings (SSSR count).